The zero-order valence-electron chi connectivity index (χ0n) is 9.20. The van der Waals surface area contributed by atoms with Gasteiger partial charge in [0, 0.05) is 24.3 Å². The van der Waals surface area contributed by atoms with Crippen LogP contribution in [0.25, 0.3) is 0 Å². The van der Waals surface area contributed by atoms with Gasteiger partial charge in [-0.25, -0.2) is 4.98 Å². The fraction of sp³-hybridized carbons (Fsp3) is 0.583. The predicted molar refractivity (Wildman–Crippen MR) is 59.9 cm³/mol. The Bertz CT molecular complexity index is 310. The Hall–Kier alpha value is -1.09. The number of pyridine rings is 1. The smallest absolute Gasteiger partial charge is 0.217 e. The van der Waals surface area contributed by atoms with Crippen molar-refractivity contribution in [1.82, 2.24) is 10.3 Å². The lowest BCUT2D eigenvalue weighted by Gasteiger charge is -2.09. The molecule has 82 valence electrons. The van der Waals surface area contributed by atoms with E-state index in [1.54, 1.807) is 6.20 Å². The van der Waals surface area contributed by atoms with E-state index < -0.39 is 0 Å². The minimum absolute atomic E-state index is 0.726. The van der Waals surface area contributed by atoms with Crippen molar-refractivity contribution in [3.05, 3.63) is 23.9 Å². The number of rotatable bonds is 6. The topological polar surface area (TPSA) is 34.1 Å². The van der Waals surface area contributed by atoms with E-state index in [4.69, 9.17) is 4.74 Å². The quantitative estimate of drug-likeness (QED) is 0.774. The molecule has 0 radical (unpaired) electrons. The minimum atomic E-state index is 0.726. The van der Waals surface area contributed by atoms with Crippen LogP contribution in [0.2, 0.25) is 0 Å². The molecule has 0 aromatic carbocycles. The van der Waals surface area contributed by atoms with Crippen molar-refractivity contribution in [1.29, 1.82) is 0 Å². The van der Waals surface area contributed by atoms with Crippen LogP contribution < -0.4 is 10.1 Å². The van der Waals surface area contributed by atoms with Crippen LogP contribution in [0.3, 0.4) is 0 Å². The average molecular weight is 206 g/mol. The second-order valence-corrected chi connectivity index (χ2v) is 3.97. The third-order valence-electron chi connectivity index (χ3n) is 2.45. The Labute approximate surface area is 90.9 Å². The molecule has 1 aliphatic carbocycles. The number of hydrogen-bond donors (Lipinski definition) is 1. The number of ether oxygens (including phenoxy) is 1. The summed E-state index contributed by atoms with van der Waals surface area (Å²) in [4.78, 5) is 4.25. The largest absolute Gasteiger partial charge is 0.477 e. The van der Waals surface area contributed by atoms with Gasteiger partial charge in [0.1, 0.15) is 0 Å². The molecule has 1 N–H and O–H groups in total. The van der Waals surface area contributed by atoms with Crippen LogP contribution in [0.15, 0.2) is 18.3 Å². The summed E-state index contributed by atoms with van der Waals surface area (Å²) in [5.41, 5.74) is 1.16. The molecule has 0 amide bonds. The first-order valence-electron chi connectivity index (χ1n) is 5.70. The molecule has 0 spiro atoms. The van der Waals surface area contributed by atoms with Gasteiger partial charge in [0.25, 0.3) is 0 Å². The normalized spacial score (nSPS) is 15.3. The second kappa shape index (κ2) is 5.12. The molecule has 1 fully saturated rings. The van der Waals surface area contributed by atoms with Gasteiger partial charge in [-0.05, 0) is 25.3 Å². The summed E-state index contributed by atoms with van der Waals surface area (Å²) in [5, 5.41) is 3.47. The van der Waals surface area contributed by atoms with Crippen LogP contribution in [0.4, 0.5) is 0 Å². The highest BCUT2D eigenvalue weighted by Crippen LogP contribution is 2.21. The zero-order chi connectivity index (χ0) is 10.5. The third-order valence-corrected chi connectivity index (χ3v) is 2.45. The van der Waals surface area contributed by atoms with E-state index in [0.717, 1.165) is 37.1 Å². The van der Waals surface area contributed by atoms with Gasteiger partial charge in [-0.2, -0.15) is 0 Å². The van der Waals surface area contributed by atoms with Gasteiger partial charge in [-0.1, -0.05) is 13.0 Å². The molecule has 1 aromatic heterocycles. The maximum absolute atomic E-state index is 5.59. The second-order valence-electron chi connectivity index (χ2n) is 3.97. The van der Waals surface area contributed by atoms with Gasteiger partial charge in [0.05, 0.1) is 6.61 Å². The summed E-state index contributed by atoms with van der Waals surface area (Å²) < 4.78 is 5.59. The van der Waals surface area contributed by atoms with E-state index in [1.165, 1.54) is 12.8 Å². The van der Waals surface area contributed by atoms with Crippen LogP contribution in [0.1, 0.15) is 31.7 Å². The highest BCUT2D eigenvalue weighted by Gasteiger charge is 2.20. The Morgan fingerprint density at radius 1 is 1.53 bits per heavy atom. The fourth-order valence-electron chi connectivity index (χ4n) is 1.43. The van der Waals surface area contributed by atoms with Crippen LogP contribution in [-0.4, -0.2) is 17.6 Å². The van der Waals surface area contributed by atoms with Crippen LogP contribution >= 0.6 is 0 Å². The number of hydrogen-bond acceptors (Lipinski definition) is 3. The first-order valence-corrected chi connectivity index (χ1v) is 5.70. The van der Waals surface area contributed by atoms with Gasteiger partial charge >= 0.3 is 0 Å². The molecule has 0 aliphatic heterocycles. The molecular formula is C12H18N2O. The summed E-state index contributed by atoms with van der Waals surface area (Å²) in [5.74, 6) is 0.785. The molecule has 0 unspecified atom stereocenters. The molecule has 2 rings (SSSR count). The molecule has 3 nitrogen and oxygen atoms in total. The van der Waals surface area contributed by atoms with E-state index in [0.29, 0.717) is 0 Å². The van der Waals surface area contributed by atoms with E-state index in [1.807, 2.05) is 6.07 Å². The van der Waals surface area contributed by atoms with E-state index >= 15 is 0 Å². The van der Waals surface area contributed by atoms with Crippen molar-refractivity contribution in [2.24, 2.45) is 0 Å². The lowest BCUT2D eigenvalue weighted by molar-refractivity contribution is 0.301. The van der Waals surface area contributed by atoms with Gasteiger partial charge in [-0.3, -0.25) is 0 Å². The highest BCUT2D eigenvalue weighted by molar-refractivity contribution is 5.25. The first kappa shape index (κ1) is 10.4. The molecular weight excluding hydrogens is 188 g/mol. The van der Waals surface area contributed by atoms with Gasteiger partial charge in [-0.15, -0.1) is 0 Å². The molecule has 1 saturated carbocycles. The maximum Gasteiger partial charge on any atom is 0.217 e. The molecule has 0 bridgehead atoms. The molecule has 3 heteroatoms. The van der Waals surface area contributed by atoms with Crippen molar-refractivity contribution >= 4 is 0 Å². The maximum atomic E-state index is 5.59. The first-order chi connectivity index (χ1) is 7.40. The van der Waals surface area contributed by atoms with Crippen LogP contribution in [0.5, 0.6) is 5.88 Å². The average Bonchev–Trinajstić information content (AvgIpc) is 3.08. The lowest BCUT2D eigenvalue weighted by Crippen LogP contribution is -2.16. The van der Waals surface area contributed by atoms with Gasteiger partial charge in [0.15, 0.2) is 0 Å². The molecule has 1 heterocycles. The van der Waals surface area contributed by atoms with Crippen LogP contribution in [0, 0.1) is 0 Å². The summed E-state index contributed by atoms with van der Waals surface area (Å²) in [6.07, 6.45) is 5.43. The van der Waals surface area contributed by atoms with Crippen molar-refractivity contribution in [2.75, 3.05) is 6.61 Å². The number of nitrogens with one attached hydrogen (secondary N) is 1. The third kappa shape index (κ3) is 3.20. The summed E-state index contributed by atoms with van der Waals surface area (Å²) in [6.45, 7) is 3.72. The van der Waals surface area contributed by atoms with Crippen LogP contribution in [-0.2, 0) is 6.54 Å². The summed E-state index contributed by atoms with van der Waals surface area (Å²) in [7, 11) is 0. The van der Waals surface area contributed by atoms with E-state index in [-0.39, 0.29) is 0 Å². The van der Waals surface area contributed by atoms with Gasteiger partial charge < -0.3 is 10.1 Å². The molecule has 0 saturated heterocycles. The molecule has 15 heavy (non-hydrogen) atoms. The minimum Gasteiger partial charge on any atom is -0.477 e. The van der Waals surface area contributed by atoms with Crippen molar-refractivity contribution in [3.63, 3.8) is 0 Å². The molecule has 1 aromatic rings. The van der Waals surface area contributed by atoms with E-state index in [9.17, 15) is 0 Å². The summed E-state index contributed by atoms with van der Waals surface area (Å²) in [6, 6.07) is 4.76. The molecule has 1 aliphatic rings. The Morgan fingerprint density at radius 3 is 3.13 bits per heavy atom. The monoisotopic (exact) mass is 206 g/mol. The Balaban J connectivity index is 1.93. The van der Waals surface area contributed by atoms with Crippen molar-refractivity contribution in [3.8, 4) is 5.88 Å². The summed E-state index contributed by atoms with van der Waals surface area (Å²) >= 11 is 0. The van der Waals surface area contributed by atoms with Crippen molar-refractivity contribution < 1.29 is 4.74 Å². The Morgan fingerprint density at radius 2 is 2.40 bits per heavy atom. The Kier molecular flexibility index (Phi) is 3.56. The zero-order valence-corrected chi connectivity index (χ0v) is 9.20. The van der Waals surface area contributed by atoms with Gasteiger partial charge in [0.2, 0.25) is 5.88 Å². The number of nitrogens with zero attached hydrogens (tertiary/aromatic N) is 1. The fourth-order valence-corrected chi connectivity index (χ4v) is 1.43. The SMILES string of the molecule is CCCOc1ncccc1CNC1CC1. The molecule has 0 atom stereocenters. The van der Waals surface area contributed by atoms with Crippen molar-refractivity contribution in [2.45, 2.75) is 38.8 Å². The van der Waals surface area contributed by atoms with E-state index in [2.05, 4.69) is 23.3 Å². The standard InChI is InChI=1S/C12H18N2O/c1-2-8-15-12-10(4-3-7-13-12)9-14-11-5-6-11/h3-4,7,11,14H,2,5-6,8-9H2,1H3. The predicted octanol–water partition coefficient (Wildman–Crippen LogP) is 2.12. The highest BCUT2D eigenvalue weighted by atomic mass is 16.5. The lowest BCUT2D eigenvalue weighted by atomic mass is 10.2. The number of aromatic nitrogens is 1.